The first-order valence-corrected chi connectivity index (χ1v) is 12.2. The first-order valence-electron chi connectivity index (χ1n) is 11.2. The second kappa shape index (κ2) is 8.98. The number of thioether (sulfide) groups is 1. The summed E-state index contributed by atoms with van der Waals surface area (Å²) in [5, 5.41) is 5.22. The fourth-order valence-electron chi connectivity index (χ4n) is 4.79. The second-order valence-electron chi connectivity index (χ2n) is 8.42. The zero-order valence-corrected chi connectivity index (χ0v) is 19.4. The average molecular weight is 462 g/mol. The van der Waals surface area contributed by atoms with E-state index in [0.29, 0.717) is 18.7 Å². The van der Waals surface area contributed by atoms with Crippen molar-refractivity contribution in [3.05, 3.63) is 72.3 Å². The number of likely N-dealkylation sites (tertiary alicyclic amines) is 1. The Kier molecular flexibility index (Phi) is 5.89. The van der Waals surface area contributed by atoms with Crippen LogP contribution in [0, 0.1) is 0 Å². The van der Waals surface area contributed by atoms with Gasteiger partial charge in [-0.3, -0.25) is 4.79 Å². The van der Waals surface area contributed by atoms with E-state index in [1.54, 1.807) is 7.11 Å². The molecule has 0 bridgehead atoms. The molecule has 3 amide bonds. The predicted octanol–water partition coefficient (Wildman–Crippen LogP) is 5.06. The predicted molar refractivity (Wildman–Crippen MR) is 133 cm³/mol. The normalized spacial score (nSPS) is 17.4. The summed E-state index contributed by atoms with van der Waals surface area (Å²) in [6.07, 6.45) is 1.53. The summed E-state index contributed by atoms with van der Waals surface area (Å²) in [4.78, 5) is 29.9. The van der Waals surface area contributed by atoms with E-state index in [0.717, 1.165) is 47.3 Å². The van der Waals surface area contributed by atoms with Gasteiger partial charge in [0.25, 0.3) is 5.91 Å². The number of nitrogens with one attached hydrogen (secondary N) is 1. The highest BCUT2D eigenvalue weighted by Gasteiger charge is 2.47. The molecule has 0 saturated carbocycles. The number of carbonyl (C=O) groups is 2. The number of rotatable bonds is 3. The molecule has 33 heavy (non-hydrogen) atoms. The van der Waals surface area contributed by atoms with Gasteiger partial charge in [0.2, 0.25) is 0 Å². The van der Waals surface area contributed by atoms with Crippen LogP contribution < -0.4 is 10.1 Å². The minimum atomic E-state index is -0.243. The monoisotopic (exact) mass is 461 g/mol. The number of anilines is 1. The van der Waals surface area contributed by atoms with Gasteiger partial charge in [-0.2, -0.15) is 0 Å². The summed E-state index contributed by atoms with van der Waals surface area (Å²) in [7, 11) is 1.62. The lowest BCUT2D eigenvalue weighted by molar-refractivity contribution is 0.0585. The molecule has 7 heteroatoms. The van der Waals surface area contributed by atoms with Crippen LogP contribution in [0.25, 0.3) is 10.8 Å². The molecule has 170 valence electrons. The standard InChI is InChI=1S/C26H27N3O3S/c1-32-21-11-9-20(10-12-21)24(30)29-17-18-33-26(29)13-15-28(16-14-26)25(31)27-23-8-4-6-19-5-2-3-7-22(19)23/h2-12H,13-18H2,1H3,(H,27,31). The van der Waals surface area contributed by atoms with Gasteiger partial charge in [0.15, 0.2) is 0 Å². The number of hydrogen-bond donors (Lipinski definition) is 1. The van der Waals surface area contributed by atoms with Gasteiger partial charge in [0.1, 0.15) is 5.75 Å². The summed E-state index contributed by atoms with van der Waals surface area (Å²) in [5.74, 6) is 1.71. The van der Waals surface area contributed by atoms with Crippen molar-refractivity contribution in [1.82, 2.24) is 9.80 Å². The van der Waals surface area contributed by atoms with E-state index >= 15 is 0 Å². The molecule has 0 atom stereocenters. The molecule has 1 N–H and O–H groups in total. The summed E-state index contributed by atoms with van der Waals surface area (Å²) in [5.41, 5.74) is 1.50. The maximum absolute atomic E-state index is 13.3. The van der Waals surface area contributed by atoms with Gasteiger partial charge in [0, 0.05) is 36.3 Å². The van der Waals surface area contributed by atoms with Crippen LogP contribution in [0.4, 0.5) is 10.5 Å². The Morgan fingerprint density at radius 3 is 2.42 bits per heavy atom. The van der Waals surface area contributed by atoms with Crippen molar-refractivity contribution < 1.29 is 14.3 Å². The minimum Gasteiger partial charge on any atom is -0.497 e. The first-order chi connectivity index (χ1) is 16.1. The number of methoxy groups -OCH3 is 1. The van der Waals surface area contributed by atoms with Crippen LogP contribution in [0.2, 0.25) is 0 Å². The van der Waals surface area contributed by atoms with Gasteiger partial charge >= 0.3 is 6.03 Å². The molecule has 0 unspecified atom stereocenters. The molecule has 2 aliphatic rings. The zero-order valence-electron chi connectivity index (χ0n) is 18.6. The molecule has 2 heterocycles. The lowest BCUT2D eigenvalue weighted by atomic mass is 10.0. The van der Waals surface area contributed by atoms with Crippen molar-refractivity contribution in [2.75, 3.05) is 37.8 Å². The molecule has 0 radical (unpaired) electrons. The van der Waals surface area contributed by atoms with Crippen molar-refractivity contribution in [2.45, 2.75) is 17.7 Å². The van der Waals surface area contributed by atoms with E-state index in [2.05, 4.69) is 5.32 Å². The van der Waals surface area contributed by atoms with Crippen LogP contribution in [0.15, 0.2) is 66.7 Å². The fraction of sp³-hybridized carbons (Fsp3) is 0.308. The average Bonchev–Trinajstić information content (AvgIpc) is 3.27. The van der Waals surface area contributed by atoms with E-state index in [9.17, 15) is 9.59 Å². The topological polar surface area (TPSA) is 61.9 Å². The summed E-state index contributed by atoms with van der Waals surface area (Å²) < 4.78 is 5.21. The molecule has 2 saturated heterocycles. The first kappa shape index (κ1) is 21.6. The minimum absolute atomic E-state index is 0.0521. The highest BCUT2D eigenvalue weighted by atomic mass is 32.2. The van der Waals surface area contributed by atoms with E-state index in [1.807, 2.05) is 88.3 Å². The number of piperidine rings is 1. The Bertz CT molecular complexity index is 1170. The van der Waals surface area contributed by atoms with E-state index < -0.39 is 0 Å². The Morgan fingerprint density at radius 2 is 1.67 bits per heavy atom. The van der Waals surface area contributed by atoms with E-state index in [1.165, 1.54) is 0 Å². The van der Waals surface area contributed by atoms with Crippen molar-refractivity contribution in [1.29, 1.82) is 0 Å². The Balaban J connectivity index is 1.26. The van der Waals surface area contributed by atoms with Gasteiger partial charge in [-0.25, -0.2) is 4.79 Å². The summed E-state index contributed by atoms with van der Waals surface area (Å²) in [6.45, 7) is 1.98. The highest BCUT2D eigenvalue weighted by Crippen LogP contribution is 2.44. The third-order valence-corrected chi connectivity index (χ3v) is 8.18. The van der Waals surface area contributed by atoms with Crippen molar-refractivity contribution >= 4 is 40.2 Å². The highest BCUT2D eigenvalue weighted by molar-refractivity contribution is 8.00. The molecule has 1 spiro atoms. The molecule has 3 aromatic rings. The van der Waals surface area contributed by atoms with Crippen LogP contribution in [-0.4, -0.2) is 59.1 Å². The molecule has 3 aromatic carbocycles. The van der Waals surface area contributed by atoms with Crippen LogP contribution in [-0.2, 0) is 0 Å². The third kappa shape index (κ3) is 4.13. The quantitative estimate of drug-likeness (QED) is 0.592. The Hall–Kier alpha value is -3.19. The van der Waals surface area contributed by atoms with Crippen molar-refractivity contribution in [3.63, 3.8) is 0 Å². The maximum atomic E-state index is 13.3. The summed E-state index contributed by atoms with van der Waals surface area (Å²) in [6, 6.07) is 21.2. The lowest BCUT2D eigenvalue weighted by Crippen LogP contribution is -2.54. The van der Waals surface area contributed by atoms with Crippen LogP contribution in [0.3, 0.4) is 0 Å². The van der Waals surface area contributed by atoms with Gasteiger partial charge in [-0.1, -0.05) is 36.4 Å². The number of ether oxygens (including phenoxy) is 1. The molecule has 5 rings (SSSR count). The number of carbonyl (C=O) groups excluding carboxylic acids is 2. The molecule has 0 aromatic heterocycles. The van der Waals surface area contributed by atoms with E-state index in [4.69, 9.17) is 4.74 Å². The third-order valence-electron chi connectivity index (χ3n) is 6.62. The fourth-order valence-corrected chi connectivity index (χ4v) is 6.24. The second-order valence-corrected chi connectivity index (χ2v) is 9.88. The maximum Gasteiger partial charge on any atom is 0.321 e. The number of fused-ring (bicyclic) bond motifs is 1. The van der Waals surface area contributed by atoms with Crippen LogP contribution in [0.5, 0.6) is 5.75 Å². The number of hydrogen-bond acceptors (Lipinski definition) is 4. The van der Waals surface area contributed by atoms with Crippen LogP contribution in [0.1, 0.15) is 23.2 Å². The van der Waals surface area contributed by atoms with Gasteiger partial charge in [0.05, 0.1) is 17.7 Å². The largest absolute Gasteiger partial charge is 0.497 e. The van der Waals surface area contributed by atoms with Crippen LogP contribution >= 0.6 is 11.8 Å². The molecule has 0 aliphatic carbocycles. The molecular weight excluding hydrogens is 434 g/mol. The molecular formula is C26H27N3O3S. The number of benzene rings is 3. The molecule has 2 aliphatic heterocycles. The lowest BCUT2D eigenvalue weighted by Gasteiger charge is -2.44. The van der Waals surface area contributed by atoms with Crippen molar-refractivity contribution in [3.8, 4) is 5.75 Å². The van der Waals surface area contributed by atoms with Gasteiger partial charge < -0.3 is 19.9 Å². The number of urea groups is 1. The van der Waals surface area contributed by atoms with Gasteiger partial charge in [-0.15, -0.1) is 11.8 Å². The van der Waals surface area contributed by atoms with E-state index in [-0.39, 0.29) is 16.8 Å². The molecule has 6 nitrogen and oxygen atoms in total. The molecule has 2 fully saturated rings. The Morgan fingerprint density at radius 1 is 0.939 bits per heavy atom. The number of amides is 3. The number of nitrogens with zero attached hydrogens (tertiary/aromatic N) is 2. The SMILES string of the molecule is COc1ccc(C(=O)N2CCSC23CCN(C(=O)Nc2cccc4ccccc24)CC3)cc1. The van der Waals surface area contributed by atoms with Gasteiger partial charge in [-0.05, 0) is 48.6 Å². The Labute approximate surface area is 197 Å². The smallest absolute Gasteiger partial charge is 0.321 e. The van der Waals surface area contributed by atoms with Crippen molar-refractivity contribution in [2.24, 2.45) is 0 Å². The summed E-state index contributed by atoms with van der Waals surface area (Å²) >= 11 is 1.85. The zero-order chi connectivity index (χ0) is 22.8.